The molecule has 1 heterocycles. The summed E-state index contributed by atoms with van der Waals surface area (Å²) in [6.07, 6.45) is -0.313. The standard InChI is InChI=1S/C22H23NO6/c1-12-7-14-9-20(29-18(14)8-13(12)2)22(26)23-17(11-21(24)25)16-6-5-15(27-3)10-19(16)28-4/h5-10,17H,11H2,1-4H3,(H,23,26)(H,24,25). The fourth-order valence-electron chi connectivity index (χ4n) is 3.16. The number of benzene rings is 2. The van der Waals surface area contributed by atoms with Crippen LogP contribution in [-0.4, -0.2) is 31.2 Å². The second-order valence-corrected chi connectivity index (χ2v) is 6.82. The zero-order valence-electron chi connectivity index (χ0n) is 16.7. The normalized spacial score (nSPS) is 11.9. The first-order chi connectivity index (χ1) is 13.8. The molecule has 0 aliphatic rings. The van der Waals surface area contributed by atoms with Crippen LogP contribution < -0.4 is 14.8 Å². The van der Waals surface area contributed by atoms with Gasteiger partial charge in [-0.2, -0.15) is 0 Å². The molecule has 1 atom stereocenters. The fourth-order valence-corrected chi connectivity index (χ4v) is 3.16. The van der Waals surface area contributed by atoms with Crippen LogP contribution in [0.2, 0.25) is 0 Å². The summed E-state index contributed by atoms with van der Waals surface area (Å²) in [4.78, 5) is 24.2. The molecule has 0 spiro atoms. The van der Waals surface area contributed by atoms with Crippen molar-refractivity contribution in [2.45, 2.75) is 26.3 Å². The molecule has 2 aromatic carbocycles. The van der Waals surface area contributed by atoms with Gasteiger partial charge >= 0.3 is 5.97 Å². The summed E-state index contributed by atoms with van der Waals surface area (Å²) >= 11 is 0. The second-order valence-electron chi connectivity index (χ2n) is 6.82. The largest absolute Gasteiger partial charge is 0.497 e. The maximum absolute atomic E-state index is 12.8. The first-order valence-corrected chi connectivity index (χ1v) is 9.07. The van der Waals surface area contributed by atoms with E-state index in [9.17, 15) is 14.7 Å². The fraction of sp³-hybridized carbons (Fsp3) is 0.273. The molecule has 0 radical (unpaired) electrons. The van der Waals surface area contributed by atoms with Crippen molar-refractivity contribution in [3.05, 3.63) is 58.8 Å². The Morgan fingerprint density at radius 3 is 2.45 bits per heavy atom. The van der Waals surface area contributed by atoms with Crippen molar-refractivity contribution in [1.82, 2.24) is 5.32 Å². The number of carbonyl (C=O) groups is 2. The minimum Gasteiger partial charge on any atom is -0.497 e. The molecule has 1 unspecified atom stereocenters. The highest BCUT2D eigenvalue weighted by atomic mass is 16.5. The van der Waals surface area contributed by atoms with Crippen molar-refractivity contribution >= 4 is 22.8 Å². The number of carbonyl (C=O) groups excluding carboxylic acids is 1. The Bertz CT molecular complexity index is 1030. The smallest absolute Gasteiger partial charge is 0.305 e. The molecule has 0 saturated heterocycles. The molecular weight excluding hydrogens is 374 g/mol. The predicted octanol–water partition coefficient (Wildman–Crippen LogP) is 4.01. The molecule has 0 bridgehead atoms. The Balaban J connectivity index is 1.93. The highest BCUT2D eigenvalue weighted by Gasteiger charge is 2.24. The van der Waals surface area contributed by atoms with Gasteiger partial charge in [0.25, 0.3) is 5.91 Å². The second kappa shape index (κ2) is 8.26. The van der Waals surface area contributed by atoms with E-state index in [0.717, 1.165) is 16.5 Å². The number of methoxy groups -OCH3 is 2. The summed E-state index contributed by atoms with van der Waals surface area (Å²) in [5.74, 6) is -0.446. The van der Waals surface area contributed by atoms with E-state index in [1.807, 2.05) is 26.0 Å². The zero-order chi connectivity index (χ0) is 21.1. The van der Waals surface area contributed by atoms with Gasteiger partial charge in [0.1, 0.15) is 17.1 Å². The first kappa shape index (κ1) is 20.3. The van der Waals surface area contributed by atoms with Crippen LogP contribution in [-0.2, 0) is 4.79 Å². The number of hydrogen-bond donors (Lipinski definition) is 2. The zero-order valence-corrected chi connectivity index (χ0v) is 16.7. The summed E-state index contributed by atoms with van der Waals surface area (Å²) in [5.41, 5.74) is 3.30. The topological polar surface area (TPSA) is 98.0 Å². The lowest BCUT2D eigenvalue weighted by molar-refractivity contribution is -0.137. The van der Waals surface area contributed by atoms with Crippen LogP contribution in [0.1, 0.15) is 39.7 Å². The molecule has 3 rings (SSSR count). The lowest BCUT2D eigenvalue weighted by Crippen LogP contribution is -2.30. The van der Waals surface area contributed by atoms with Gasteiger partial charge in [-0.25, -0.2) is 0 Å². The minimum atomic E-state index is -1.05. The molecular formula is C22H23NO6. The molecule has 0 aliphatic carbocycles. The molecule has 152 valence electrons. The van der Waals surface area contributed by atoms with Crippen LogP contribution in [0.3, 0.4) is 0 Å². The van der Waals surface area contributed by atoms with E-state index in [1.54, 1.807) is 24.3 Å². The van der Waals surface area contributed by atoms with E-state index in [4.69, 9.17) is 13.9 Å². The summed E-state index contributed by atoms with van der Waals surface area (Å²) in [5, 5.41) is 12.9. The minimum absolute atomic E-state index is 0.118. The van der Waals surface area contributed by atoms with Gasteiger partial charge in [0.2, 0.25) is 0 Å². The molecule has 0 aliphatic heterocycles. The lowest BCUT2D eigenvalue weighted by Gasteiger charge is -2.20. The van der Waals surface area contributed by atoms with E-state index >= 15 is 0 Å². The molecule has 29 heavy (non-hydrogen) atoms. The van der Waals surface area contributed by atoms with Crippen molar-refractivity contribution in [3.63, 3.8) is 0 Å². The average molecular weight is 397 g/mol. The lowest BCUT2D eigenvalue weighted by atomic mass is 10.0. The van der Waals surface area contributed by atoms with Gasteiger partial charge in [-0.3, -0.25) is 9.59 Å². The van der Waals surface area contributed by atoms with Gasteiger partial charge in [-0.05, 0) is 55.3 Å². The van der Waals surface area contributed by atoms with Gasteiger partial charge < -0.3 is 24.3 Å². The number of aryl methyl sites for hydroxylation is 2. The van der Waals surface area contributed by atoms with E-state index < -0.39 is 17.9 Å². The van der Waals surface area contributed by atoms with Crippen molar-refractivity contribution in [2.75, 3.05) is 14.2 Å². The summed E-state index contributed by atoms with van der Waals surface area (Å²) in [6, 6.07) is 9.68. The Hall–Kier alpha value is -3.48. The Morgan fingerprint density at radius 2 is 1.79 bits per heavy atom. The molecule has 2 N–H and O–H groups in total. The number of ether oxygens (including phenoxy) is 2. The number of amides is 1. The van der Waals surface area contributed by atoms with Gasteiger partial charge in [0.15, 0.2) is 5.76 Å². The van der Waals surface area contributed by atoms with Crippen LogP contribution in [0.15, 0.2) is 40.8 Å². The molecule has 1 aromatic heterocycles. The number of carboxylic acid groups (broad SMARTS) is 1. The van der Waals surface area contributed by atoms with E-state index in [2.05, 4.69) is 5.32 Å². The molecule has 3 aromatic rings. The van der Waals surface area contributed by atoms with Crippen LogP contribution in [0.25, 0.3) is 11.0 Å². The third kappa shape index (κ3) is 4.34. The summed E-state index contributed by atoms with van der Waals surface area (Å²) < 4.78 is 16.2. The maximum Gasteiger partial charge on any atom is 0.305 e. The molecule has 0 fully saturated rings. The van der Waals surface area contributed by atoms with Crippen molar-refractivity contribution < 1.29 is 28.6 Å². The SMILES string of the molecule is COc1ccc(C(CC(=O)O)NC(=O)c2cc3cc(C)c(C)cc3o2)c(OC)c1. The summed E-state index contributed by atoms with van der Waals surface area (Å²) in [6.45, 7) is 3.95. The van der Waals surface area contributed by atoms with Crippen molar-refractivity contribution in [1.29, 1.82) is 0 Å². The monoisotopic (exact) mass is 397 g/mol. The number of rotatable bonds is 7. The van der Waals surface area contributed by atoms with E-state index in [-0.39, 0.29) is 12.2 Å². The van der Waals surface area contributed by atoms with E-state index in [0.29, 0.717) is 22.6 Å². The quantitative estimate of drug-likeness (QED) is 0.625. The molecule has 7 nitrogen and oxygen atoms in total. The van der Waals surface area contributed by atoms with Crippen LogP contribution in [0.5, 0.6) is 11.5 Å². The number of fused-ring (bicyclic) bond motifs is 1. The average Bonchev–Trinajstić information content (AvgIpc) is 3.09. The van der Waals surface area contributed by atoms with E-state index in [1.165, 1.54) is 14.2 Å². The Labute approximate surface area is 168 Å². The van der Waals surface area contributed by atoms with Crippen LogP contribution in [0.4, 0.5) is 0 Å². The van der Waals surface area contributed by atoms with Crippen LogP contribution >= 0.6 is 0 Å². The van der Waals surface area contributed by atoms with Gasteiger partial charge in [-0.15, -0.1) is 0 Å². The number of furan rings is 1. The first-order valence-electron chi connectivity index (χ1n) is 9.07. The van der Waals surface area contributed by atoms with Crippen molar-refractivity contribution in [3.8, 4) is 11.5 Å². The molecule has 7 heteroatoms. The number of aliphatic carboxylic acids is 1. The van der Waals surface area contributed by atoms with Crippen molar-refractivity contribution in [2.24, 2.45) is 0 Å². The maximum atomic E-state index is 12.8. The Morgan fingerprint density at radius 1 is 1.07 bits per heavy atom. The predicted molar refractivity (Wildman–Crippen MR) is 108 cm³/mol. The third-order valence-electron chi connectivity index (χ3n) is 4.86. The number of hydrogen-bond acceptors (Lipinski definition) is 5. The Kier molecular flexibility index (Phi) is 5.77. The van der Waals surface area contributed by atoms with Gasteiger partial charge in [-0.1, -0.05) is 0 Å². The number of nitrogens with one attached hydrogen (secondary N) is 1. The highest BCUT2D eigenvalue weighted by Crippen LogP contribution is 2.32. The number of carboxylic acids is 1. The van der Waals surface area contributed by atoms with Gasteiger partial charge in [0.05, 0.1) is 26.7 Å². The summed E-state index contributed by atoms with van der Waals surface area (Å²) in [7, 11) is 3.00. The molecule has 1 amide bonds. The third-order valence-corrected chi connectivity index (χ3v) is 4.86. The van der Waals surface area contributed by atoms with Crippen LogP contribution in [0, 0.1) is 13.8 Å². The molecule has 0 saturated carbocycles. The highest BCUT2D eigenvalue weighted by molar-refractivity contribution is 5.96. The van der Waals surface area contributed by atoms with Gasteiger partial charge in [0, 0.05) is 17.0 Å².